The summed E-state index contributed by atoms with van der Waals surface area (Å²) < 4.78 is 59.9. The van der Waals surface area contributed by atoms with Crippen molar-refractivity contribution in [3.8, 4) is 0 Å². The molecule has 0 spiro atoms. The third-order valence-corrected chi connectivity index (χ3v) is 18.9. The largest absolute Gasteiger partial charge is 0.452 e. The van der Waals surface area contributed by atoms with E-state index in [4.69, 9.17) is 42.3 Å². The van der Waals surface area contributed by atoms with Gasteiger partial charge in [0.1, 0.15) is 12.2 Å². The molecule has 0 bridgehead atoms. The summed E-state index contributed by atoms with van der Waals surface area (Å²) in [5.74, 6) is -7.26. The summed E-state index contributed by atoms with van der Waals surface area (Å²) in [7, 11) is -3.71. The highest BCUT2D eigenvalue weighted by Crippen LogP contribution is 2.45. The van der Waals surface area contributed by atoms with E-state index >= 15 is 0 Å². The van der Waals surface area contributed by atoms with Gasteiger partial charge in [-0.3, -0.25) is 0 Å². The molecule has 17 heteroatoms. The third kappa shape index (κ3) is 12.3. The highest BCUT2D eigenvalue weighted by atomic mass is 28.4. The van der Waals surface area contributed by atoms with Gasteiger partial charge in [0.2, 0.25) is 12.1 Å². The third-order valence-electron chi connectivity index (χ3n) is 13.9. The van der Waals surface area contributed by atoms with Crippen LogP contribution in [-0.4, -0.2) is 123 Å². The first-order chi connectivity index (χ1) is 38.7. The zero-order valence-corrected chi connectivity index (χ0v) is 45.1. The summed E-state index contributed by atoms with van der Waals surface area (Å²) >= 11 is 0. The van der Waals surface area contributed by atoms with Gasteiger partial charge in [0.15, 0.2) is 30.5 Å². The molecule has 2 saturated heterocycles. The molecule has 7 aromatic rings. The van der Waals surface area contributed by atoms with E-state index in [9.17, 15) is 34.2 Å². The van der Waals surface area contributed by atoms with Crippen molar-refractivity contribution >= 4 is 48.5 Å². The van der Waals surface area contributed by atoms with Crippen LogP contribution in [0.3, 0.4) is 0 Å². The number of esters is 5. The molecule has 0 saturated carbocycles. The maximum absolute atomic E-state index is 14.7. The Bertz CT molecular complexity index is 3130. The Labute approximate surface area is 463 Å². The normalized spacial score (nSPS) is 22.8. The standard InChI is InChI=1S/C63H60O16Si/c1-62(2,3)80(47-35-21-9-22-36-47,48-37-23-10-24-38-48)71-41-63(55(77-60(70)46-33-19-8-20-34-46)52(50(40-65)78-63)74-57(67)43-27-13-5-14-28-43)79-61-54(76-59(69)45-31-17-7-18-32-45)53(75-58(68)44-29-15-6-16-30-44)51(49(39-64)72-61)73-56(66)42-25-11-4-12-26-42/h4-38,49-55,61,64-65H,39-41H2,1-3H3/t49-,50-,51-,52-,53+,54-,55+,61-,63+/m1/s1. The molecule has 0 amide bonds. The van der Waals surface area contributed by atoms with Gasteiger partial charge in [0.05, 0.1) is 47.6 Å². The van der Waals surface area contributed by atoms with Crippen LogP contribution in [0.15, 0.2) is 212 Å². The van der Waals surface area contributed by atoms with Gasteiger partial charge in [-0.1, -0.05) is 172 Å². The summed E-state index contributed by atoms with van der Waals surface area (Å²) in [5.41, 5.74) is 0.338. The van der Waals surface area contributed by atoms with Crippen LogP contribution in [0.5, 0.6) is 0 Å². The van der Waals surface area contributed by atoms with Crippen molar-refractivity contribution in [3.63, 3.8) is 0 Å². The molecule has 9 rings (SSSR count). The van der Waals surface area contributed by atoms with E-state index in [1.807, 2.05) is 81.4 Å². The predicted octanol–water partition coefficient (Wildman–Crippen LogP) is 7.51. The number of hydrogen-bond acceptors (Lipinski definition) is 16. The van der Waals surface area contributed by atoms with Gasteiger partial charge >= 0.3 is 29.8 Å². The first kappa shape index (κ1) is 56.6. The van der Waals surface area contributed by atoms with E-state index in [-0.39, 0.29) is 27.8 Å². The molecule has 2 aliphatic rings. The molecule has 2 heterocycles. The molecule has 0 unspecified atom stereocenters. The van der Waals surface area contributed by atoms with Crippen molar-refractivity contribution in [1.29, 1.82) is 0 Å². The lowest BCUT2D eigenvalue weighted by Crippen LogP contribution is -2.69. The van der Waals surface area contributed by atoms with Gasteiger partial charge in [-0.2, -0.15) is 0 Å². The quantitative estimate of drug-likeness (QED) is 0.0456. The van der Waals surface area contributed by atoms with Gasteiger partial charge in [-0.25, -0.2) is 24.0 Å². The highest BCUT2D eigenvalue weighted by Gasteiger charge is 2.66. The monoisotopic (exact) mass is 1100 g/mol. The fourth-order valence-electron chi connectivity index (χ4n) is 10.0. The van der Waals surface area contributed by atoms with Crippen molar-refractivity contribution in [2.75, 3.05) is 19.8 Å². The fraction of sp³-hybridized carbons (Fsp3) is 0.254. The lowest BCUT2D eigenvalue weighted by atomic mass is 9.97. The van der Waals surface area contributed by atoms with Crippen LogP contribution >= 0.6 is 0 Å². The molecular weight excluding hydrogens is 1040 g/mol. The van der Waals surface area contributed by atoms with E-state index in [0.29, 0.717) is 0 Å². The molecule has 0 radical (unpaired) electrons. The Balaban J connectivity index is 1.25. The Morgan fingerprint density at radius 3 is 1.12 bits per heavy atom. The molecule has 2 aliphatic heterocycles. The molecule has 0 aromatic heterocycles. The van der Waals surface area contributed by atoms with Crippen LogP contribution in [-0.2, 0) is 42.3 Å². The van der Waals surface area contributed by atoms with Crippen molar-refractivity contribution < 1.29 is 76.5 Å². The molecule has 16 nitrogen and oxygen atoms in total. The summed E-state index contributed by atoms with van der Waals surface area (Å²) in [6, 6.07) is 58.6. The first-order valence-corrected chi connectivity index (χ1v) is 27.9. The van der Waals surface area contributed by atoms with Crippen LogP contribution in [0.2, 0.25) is 5.04 Å². The molecule has 2 N–H and O–H groups in total. The van der Waals surface area contributed by atoms with Crippen LogP contribution in [0.4, 0.5) is 0 Å². The average molecular weight is 1100 g/mol. The van der Waals surface area contributed by atoms with E-state index in [0.717, 1.165) is 10.4 Å². The smallest absolute Gasteiger partial charge is 0.338 e. The minimum Gasteiger partial charge on any atom is -0.452 e. The zero-order chi connectivity index (χ0) is 56.3. The van der Waals surface area contributed by atoms with Crippen LogP contribution < -0.4 is 10.4 Å². The Kier molecular flexibility index (Phi) is 17.9. The second-order valence-corrected chi connectivity index (χ2v) is 24.4. The van der Waals surface area contributed by atoms with Gasteiger partial charge in [-0.05, 0) is 76.1 Å². The lowest BCUT2D eigenvalue weighted by molar-refractivity contribution is -0.380. The fourth-order valence-corrected chi connectivity index (χ4v) is 14.6. The molecule has 0 aliphatic carbocycles. The van der Waals surface area contributed by atoms with Gasteiger partial charge in [0, 0.05) is 0 Å². The Hall–Kier alpha value is -8.13. The van der Waals surface area contributed by atoms with E-state index < -0.39 is 118 Å². The molecule has 7 aromatic carbocycles. The van der Waals surface area contributed by atoms with Crippen molar-refractivity contribution in [1.82, 2.24) is 0 Å². The lowest BCUT2D eigenvalue weighted by Gasteiger charge is -2.48. The number of carbonyl (C=O) groups excluding carboxylic acids is 5. The SMILES string of the molecule is CC(C)(C)[Si](OC[C@@]1(O[C@H]2O[C@H](CO)[C@@H](OC(=O)c3ccccc3)[C@H](OC(=O)c3ccccc3)[C@H]2OC(=O)c2ccccc2)O[C@H](CO)[C@@H](OC(=O)c2ccccc2)[C@@H]1OC(=O)c1ccccc1)(c1ccccc1)c1ccccc1. The summed E-state index contributed by atoms with van der Waals surface area (Å²) in [4.78, 5) is 72.1. The molecule has 80 heavy (non-hydrogen) atoms. The number of benzene rings is 7. The Morgan fingerprint density at radius 1 is 0.438 bits per heavy atom. The van der Waals surface area contributed by atoms with Crippen molar-refractivity contribution in [2.45, 2.75) is 80.6 Å². The number of aliphatic hydroxyl groups excluding tert-OH is 2. The molecule has 2 fully saturated rings. The number of ether oxygens (including phenoxy) is 8. The number of rotatable bonds is 19. The zero-order valence-electron chi connectivity index (χ0n) is 44.1. The van der Waals surface area contributed by atoms with Gasteiger partial charge in [0.25, 0.3) is 8.32 Å². The number of carbonyl (C=O) groups is 5. The maximum Gasteiger partial charge on any atom is 0.338 e. The van der Waals surface area contributed by atoms with Gasteiger partial charge in [-0.15, -0.1) is 0 Å². The molecule has 412 valence electrons. The van der Waals surface area contributed by atoms with Crippen molar-refractivity contribution in [3.05, 3.63) is 240 Å². The average Bonchev–Trinajstić information content (AvgIpc) is 3.78. The minimum atomic E-state index is -3.71. The molecule has 9 atom stereocenters. The van der Waals surface area contributed by atoms with E-state index in [2.05, 4.69) is 0 Å². The Morgan fingerprint density at radius 2 is 0.762 bits per heavy atom. The molecular formula is C63H60O16Si. The second kappa shape index (κ2) is 25.3. The summed E-state index contributed by atoms with van der Waals surface area (Å²) in [6.07, 6.45) is -14.3. The highest BCUT2D eigenvalue weighted by molar-refractivity contribution is 6.99. The summed E-state index contributed by atoms with van der Waals surface area (Å²) in [6.45, 7) is 3.59. The second-order valence-electron chi connectivity index (χ2n) is 20.1. The predicted molar refractivity (Wildman–Crippen MR) is 293 cm³/mol. The van der Waals surface area contributed by atoms with E-state index in [1.54, 1.807) is 91.0 Å². The van der Waals surface area contributed by atoms with Crippen LogP contribution in [0.25, 0.3) is 0 Å². The van der Waals surface area contributed by atoms with E-state index in [1.165, 1.54) is 60.7 Å². The number of hydrogen-bond donors (Lipinski definition) is 2. The first-order valence-electron chi connectivity index (χ1n) is 26.0. The van der Waals surface area contributed by atoms with Crippen LogP contribution in [0, 0.1) is 0 Å². The minimum absolute atomic E-state index is 0.0336. The topological polar surface area (TPSA) is 209 Å². The van der Waals surface area contributed by atoms with Crippen LogP contribution in [0.1, 0.15) is 72.6 Å². The number of aliphatic hydroxyl groups is 2. The van der Waals surface area contributed by atoms with Crippen molar-refractivity contribution in [2.24, 2.45) is 0 Å². The maximum atomic E-state index is 14.7. The van der Waals surface area contributed by atoms with Gasteiger partial charge < -0.3 is 52.5 Å². The summed E-state index contributed by atoms with van der Waals surface area (Å²) in [5, 5.41) is 23.6.